The van der Waals surface area contributed by atoms with Gasteiger partial charge in [-0.05, 0) is 34.9 Å². The van der Waals surface area contributed by atoms with Crippen molar-refractivity contribution in [1.29, 1.82) is 0 Å². The summed E-state index contributed by atoms with van der Waals surface area (Å²) in [5.74, 6) is 1.04. The minimum absolute atomic E-state index is 0.491. The monoisotopic (exact) mass is 399 g/mol. The number of fused-ring (bicyclic) bond motifs is 1. The molecule has 1 amide bonds. The molecule has 0 bridgehead atoms. The summed E-state index contributed by atoms with van der Waals surface area (Å²) in [7, 11) is 0. The third kappa shape index (κ3) is 4.74. The molecule has 0 atom stereocenters. The fourth-order valence-electron chi connectivity index (χ4n) is 3.14. The van der Waals surface area contributed by atoms with E-state index in [9.17, 15) is 4.79 Å². The number of nitrogens with one attached hydrogen (secondary N) is 2. The topological polar surface area (TPSA) is 87.2 Å². The van der Waals surface area contributed by atoms with Crippen molar-refractivity contribution >= 4 is 23.0 Å². The van der Waals surface area contributed by atoms with Gasteiger partial charge < -0.3 is 9.72 Å². The minimum Gasteiger partial charge on any atom is -0.487 e. The van der Waals surface area contributed by atoms with Crippen molar-refractivity contribution in [1.82, 2.24) is 15.4 Å². The van der Waals surface area contributed by atoms with E-state index in [1.54, 1.807) is 11.6 Å². The fourth-order valence-corrected chi connectivity index (χ4v) is 3.14. The number of imidazole rings is 1. The number of carbonyl (C=O) groups is 1. The van der Waals surface area contributed by atoms with Crippen molar-refractivity contribution < 1.29 is 14.7 Å². The number of ether oxygens (including phenoxy) is 1. The molecule has 30 heavy (non-hydrogen) atoms. The van der Waals surface area contributed by atoms with Gasteiger partial charge in [-0.1, -0.05) is 60.7 Å². The molecule has 0 unspecified atom stereocenters. The maximum Gasteiger partial charge on any atom is 0.267 e. The van der Waals surface area contributed by atoms with Crippen molar-refractivity contribution in [2.45, 2.75) is 13.0 Å². The predicted octanol–water partition coefficient (Wildman–Crippen LogP) is 4.25. The van der Waals surface area contributed by atoms with E-state index in [0.717, 1.165) is 39.3 Å². The summed E-state index contributed by atoms with van der Waals surface area (Å²) in [5, 5.41) is 8.52. The number of aromatic amines is 1. The molecule has 0 saturated carbocycles. The Morgan fingerprint density at radius 2 is 1.80 bits per heavy atom. The van der Waals surface area contributed by atoms with Crippen LogP contribution in [0.15, 0.2) is 78.9 Å². The molecule has 3 N–H and O–H groups in total. The molecule has 4 aromatic rings. The molecular formula is C24H21N3O3. The standard InChI is InChI=1S/C24H21N3O3/c28-23(27-29)14-13-17-9-11-18(12-10-17)15-22-25-20-7-4-8-21(24(20)26-22)30-16-19-5-2-1-3-6-19/h1-14,29H,15-16H2,(H,25,26)(H,27,28)/b14-13+. The maximum absolute atomic E-state index is 11.1. The Bertz CT molecular complexity index is 1170. The third-order valence-electron chi connectivity index (χ3n) is 4.65. The number of para-hydroxylation sites is 1. The molecule has 6 heteroatoms. The fraction of sp³-hybridized carbons (Fsp3) is 0.0833. The summed E-state index contributed by atoms with van der Waals surface area (Å²) in [6.07, 6.45) is 3.55. The highest BCUT2D eigenvalue weighted by Gasteiger charge is 2.09. The van der Waals surface area contributed by atoms with Crippen LogP contribution in [0.25, 0.3) is 17.1 Å². The van der Waals surface area contributed by atoms with E-state index in [1.165, 1.54) is 6.08 Å². The molecule has 0 aliphatic heterocycles. The van der Waals surface area contributed by atoms with Crippen LogP contribution in [-0.2, 0) is 17.8 Å². The van der Waals surface area contributed by atoms with E-state index in [1.807, 2.05) is 72.8 Å². The van der Waals surface area contributed by atoms with Gasteiger partial charge in [0.1, 0.15) is 23.7 Å². The van der Waals surface area contributed by atoms with Gasteiger partial charge in [0.25, 0.3) is 5.91 Å². The molecule has 0 aliphatic rings. The quantitative estimate of drug-likeness (QED) is 0.246. The molecule has 150 valence electrons. The molecule has 0 radical (unpaired) electrons. The van der Waals surface area contributed by atoms with E-state index in [2.05, 4.69) is 4.98 Å². The van der Waals surface area contributed by atoms with Crippen LogP contribution in [0.4, 0.5) is 0 Å². The summed E-state index contributed by atoms with van der Waals surface area (Å²) in [4.78, 5) is 19.2. The number of rotatable bonds is 7. The van der Waals surface area contributed by atoms with Gasteiger partial charge in [-0.15, -0.1) is 0 Å². The van der Waals surface area contributed by atoms with Crippen molar-refractivity contribution in [2.75, 3.05) is 0 Å². The van der Waals surface area contributed by atoms with Gasteiger partial charge in [0.2, 0.25) is 0 Å². The average Bonchev–Trinajstić information content (AvgIpc) is 3.20. The molecular weight excluding hydrogens is 378 g/mol. The second kappa shape index (κ2) is 9.07. The normalized spacial score (nSPS) is 11.1. The third-order valence-corrected chi connectivity index (χ3v) is 4.65. The molecule has 4 rings (SSSR count). The lowest BCUT2D eigenvalue weighted by molar-refractivity contribution is -0.124. The summed E-state index contributed by atoms with van der Waals surface area (Å²) < 4.78 is 6.00. The van der Waals surface area contributed by atoms with Crippen LogP contribution in [0.2, 0.25) is 0 Å². The van der Waals surface area contributed by atoms with Crippen molar-refractivity contribution in [3.63, 3.8) is 0 Å². The lowest BCUT2D eigenvalue weighted by Gasteiger charge is -2.06. The highest BCUT2D eigenvalue weighted by Crippen LogP contribution is 2.25. The van der Waals surface area contributed by atoms with E-state index < -0.39 is 5.91 Å². The number of hydroxylamine groups is 1. The minimum atomic E-state index is -0.563. The molecule has 0 spiro atoms. The number of benzene rings is 3. The second-order valence-electron chi connectivity index (χ2n) is 6.84. The Morgan fingerprint density at radius 1 is 1.00 bits per heavy atom. The Morgan fingerprint density at radius 3 is 2.57 bits per heavy atom. The van der Waals surface area contributed by atoms with E-state index in [4.69, 9.17) is 14.9 Å². The molecule has 1 heterocycles. The first-order valence-corrected chi connectivity index (χ1v) is 9.57. The first kappa shape index (κ1) is 19.4. The second-order valence-corrected chi connectivity index (χ2v) is 6.84. The van der Waals surface area contributed by atoms with E-state index >= 15 is 0 Å². The van der Waals surface area contributed by atoms with Gasteiger partial charge in [0.15, 0.2) is 0 Å². The van der Waals surface area contributed by atoms with Gasteiger partial charge in [-0.2, -0.15) is 0 Å². The average molecular weight is 399 g/mol. The number of carbonyl (C=O) groups excluding carboxylic acids is 1. The van der Waals surface area contributed by atoms with Gasteiger partial charge in [0, 0.05) is 12.5 Å². The Labute approximate surface area is 173 Å². The molecule has 0 aliphatic carbocycles. The number of aromatic nitrogens is 2. The molecule has 3 aromatic carbocycles. The van der Waals surface area contributed by atoms with Crippen LogP contribution in [0.5, 0.6) is 5.75 Å². The number of nitrogens with zero attached hydrogens (tertiary/aromatic N) is 1. The number of amides is 1. The van der Waals surface area contributed by atoms with Gasteiger partial charge in [0.05, 0.1) is 5.52 Å². The van der Waals surface area contributed by atoms with E-state index in [-0.39, 0.29) is 0 Å². The SMILES string of the molecule is O=C(/C=C/c1ccc(Cc2nc3c(OCc4ccccc4)cccc3[nH]2)cc1)NO. The smallest absolute Gasteiger partial charge is 0.267 e. The summed E-state index contributed by atoms with van der Waals surface area (Å²) in [5.41, 5.74) is 6.38. The van der Waals surface area contributed by atoms with Crippen LogP contribution < -0.4 is 10.2 Å². The van der Waals surface area contributed by atoms with Crippen LogP contribution >= 0.6 is 0 Å². The van der Waals surface area contributed by atoms with Crippen LogP contribution in [0.1, 0.15) is 22.5 Å². The molecule has 0 fully saturated rings. The Kier molecular flexibility index (Phi) is 5.87. The summed E-state index contributed by atoms with van der Waals surface area (Å²) in [6.45, 7) is 0.491. The zero-order valence-corrected chi connectivity index (χ0v) is 16.2. The molecule has 1 aromatic heterocycles. The van der Waals surface area contributed by atoms with Crippen molar-refractivity contribution in [3.05, 3.63) is 101 Å². The molecule has 6 nitrogen and oxygen atoms in total. The highest BCUT2D eigenvalue weighted by molar-refractivity contribution is 5.90. The van der Waals surface area contributed by atoms with Gasteiger partial charge >= 0.3 is 0 Å². The Balaban J connectivity index is 1.47. The van der Waals surface area contributed by atoms with Gasteiger partial charge in [-0.25, -0.2) is 10.5 Å². The lowest BCUT2D eigenvalue weighted by atomic mass is 10.1. The number of hydrogen-bond donors (Lipinski definition) is 3. The highest BCUT2D eigenvalue weighted by atomic mass is 16.5. The number of hydrogen-bond acceptors (Lipinski definition) is 4. The molecule has 0 saturated heterocycles. The predicted molar refractivity (Wildman–Crippen MR) is 115 cm³/mol. The summed E-state index contributed by atoms with van der Waals surface area (Å²) in [6, 6.07) is 23.7. The maximum atomic E-state index is 11.1. The lowest BCUT2D eigenvalue weighted by Crippen LogP contribution is -2.14. The van der Waals surface area contributed by atoms with Crippen LogP contribution in [-0.4, -0.2) is 21.1 Å². The zero-order chi connectivity index (χ0) is 20.8. The Hall–Kier alpha value is -3.90. The summed E-state index contributed by atoms with van der Waals surface area (Å²) >= 11 is 0. The first-order valence-electron chi connectivity index (χ1n) is 9.57. The van der Waals surface area contributed by atoms with Crippen LogP contribution in [0, 0.1) is 0 Å². The van der Waals surface area contributed by atoms with Crippen molar-refractivity contribution in [3.8, 4) is 5.75 Å². The van der Waals surface area contributed by atoms with E-state index in [0.29, 0.717) is 13.0 Å². The van der Waals surface area contributed by atoms with Crippen LogP contribution in [0.3, 0.4) is 0 Å². The largest absolute Gasteiger partial charge is 0.487 e. The van der Waals surface area contributed by atoms with Crippen molar-refractivity contribution in [2.24, 2.45) is 0 Å². The first-order chi connectivity index (χ1) is 14.7. The van der Waals surface area contributed by atoms with Gasteiger partial charge in [-0.3, -0.25) is 10.0 Å². The zero-order valence-electron chi connectivity index (χ0n) is 16.2. The number of H-pyrrole nitrogens is 1.